The molecule has 1 atom stereocenters. The molecule has 0 aliphatic carbocycles. The molecule has 2 rings (SSSR count). The molecular formula is C13H18ClN3S. The van der Waals surface area contributed by atoms with Crippen molar-refractivity contribution in [1.29, 1.82) is 0 Å². The van der Waals surface area contributed by atoms with Crippen LogP contribution < -0.4 is 0 Å². The van der Waals surface area contributed by atoms with Gasteiger partial charge in [-0.25, -0.2) is 4.98 Å². The summed E-state index contributed by atoms with van der Waals surface area (Å²) >= 11 is 7.82. The smallest absolute Gasteiger partial charge is 0.111 e. The molecule has 2 aromatic heterocycles. The monoisotopic (exact) mass is 283 g/mol. The molecule has 98 valence electrons. The highest BCUT2D eigenvalue weighted by Crippen LogP contribution is 2.23. The second kappa shape index (κ2) is 6.43. The van der Waals surface area contributed by atoms with Crippen molar-refractivity contribution in [2.75, 3.05) is 17.4 Å². The third-order valence-electron chi connectivity index (χ3n) is 2.89. The number of nitrogens with zero attached hydrogens (tertiary/aromatic N) is 3. The van der Waals surface area contributed by atoms with Crippen LogP contribution in [0.1, 0.15) is 25.7 Å². The number of aryl methyl sites for hydroxylation is 1. The van der Waals surface area contributed by atoms with Crippen molar-refractivity contribution in [3.05, 3.63) is 24.3 Å². The number of thioether (sulfide) groups is 1. The number of halogens is 1. The molecule has 2 heterocycles. The van der Waals surface area contributed by atoms with E-state index in [2.05, 4.69) is 28.4 Å². The molecule has 18 heavy (non-hydrogen) atoms. The molecule has 5 heteroatoms. The van der Waals surface area contributed by atoms with Crippen LogP contribution in [0.15, 0.2) is 18.5 Å². The van der Waals surface area contributed by atoms with E-state index in [0.29, 0.717) is 11.9 Å². The van der Waals surface area contributed by atoms with Crippen LogP contribution >= 0.6 is 23.4 Å². The van der Waals surface area contributed by atoms with Gasteiger partial charge < -0.3 is 4.57 Å². The third-order valence-corrected chi connectivity index (χ3v) is 4.20. The molecule has 0 saturated carbocycles. The molecule has 0 radical (unpaired) electrons. The molecule has 0 aliphatic rings. The van der Waals surface area contributed by atoms with Crippen molar-refractivity contribution in [2.24, 2.45) is 0 Å². The molecule has 0 saturated heterocycles. The van der Waals surface area contributed by atoms with Gasteiger partial charge >= 0.3 is 0 Å². The summed E-state index contributed by atoms with van der Waals surface area (Å²) in [5, 5.41) is 0. The molecule has 0 spiro atoms. The minimum Gasteiger partial charge on any atom is -0.324 e. The molecule has 0 N–H and O–H groups in total. The number of pyridine rings is 1. The first-order chi connectivity index (χ1) is 8.77. The first kappa shape index (κ1) is 13.7. The van der Waals surface area contributed by atoms with Crippen LogP contribution in [0.2, 0.25) is 0 Å². The van der Waals surface area contributed by atoms with Gasteiger partial charge in [0.15, 0.2) is 0 Å². The highest BCUT2D eigenvalue weighted by Gasteiger charge is 2.15. The van der Waals surface area contributed by atoms with E-state index in [1.807, 2.05) is 30.2 Å². The van der Waals surface area contributed by atoms with E-state index in [0.717, 1.165) is 34.8 Å². The van der Waals surface area contributed by atoms with E-state index in [1.54, 1.807) is 0 Å². The summed E-state index contributed by atoms with van der Waals surface area (Å²) in [5.41, 5.74) is 2.13. The van der Waals surface area contributed by atoms with Gasteiger partial charge in [-0.05, 0) is 18.7 Å². The lowest BCUT2D eigenvalue weighted by Gasteiger charge is -2.16. The van der Waals surface area contributed by atoms with Crippen LogP contribution in [-0.2, 0) is 6.42 Å². The van der Waals surface area contributed by atoms with E-state index < -0.39 is 0 Å². The first-order valence-electron chi connectivity index (χ1n) is 6.22. The summed E-state index contributed by atoms with van der Waals surface area (Å²) in [7, 11) is 0. The van der Waals surface area contributed by atoms with Gasteiger partial charge in [0.1, 0.15) is 11.3 Å². The quantitative estimate of drug-likeness (QED) is 0.760. The Labute approximate surface area is 117 Å². The number of aromatic nitrogens is 3. The minimum absolute atomic E-state index is 0.431. The average Bonchev–Trinajstić information content (AvgIpc) is 2.74. The maximum absolute atomic E-state index is 5.87. The lowest BCUT2D eigenvalue weighted by Crippen LogP contribution is -2.12. The fourth-order valence-electron chi connectivity index (χ4n) is 2.12. The Morgan fingerprint density at radius 2 is 2.33 bits per heavy atom. The number of hydrogen-bond donors (Lipinski definition) is 0. The minimum atomic E-state index is 0.431. The van der Waals surface area contributed by atoms with Crippen LogP contribution in [0.5, 0.6) is 0 Å². The van der Waals surface area contributed by atoms with E-state index in [4.69, 9.17) is 11.6 Å². The normalized spacial score (nSPS) is 13.1. The fraction of sp³-hybridized carbons (Fsp3) is 0.538. The topological polar surface area (TPSA) is 30.7 Å². The SMILES string of the molecule is CCSCC(C)n1c(CCCl)nc2cnccc21. The predicted octanol–water partition coefficient (Wildman–Crippen LogP) is 3.53. The highest BCUT2D eigenvalue weighted by atomic mass is 35.5. The van der Waals surface area contributed by atoms with Crippen molar-refractivity contribution >= 4 is 34.4 Å². The summed E-state index contributed by atoms with van der Waals surface area (Å²) in [6, 6.07) is 2.47. The summed E-state index contributed by atoms with van der Waals surface area (Å²) in [6.07, 6.45) is 4.45. The summed E-state index contributed by atoms with van der Waals surface area (Å²) in [5.74, 6) is 3.91. The lowest BCUT2D eigenvalue weighted by molar-refractivity contribution is 0.597. The Hall–Kier alpha value is -0.740. The highest BCUT2D eigenvalue weighted by molar-refractivity contribution is 7.99. The standard InChI is InChI=1S/C13H18ClN3S/c1-3-18-9-10(2)17-12-5-7-15-8-11(12)16-13(17)4-6-14/h5,7-8,10H,3-4,6,9H2,1-2H3. The van der Waals surface area contributed by atoms with Crippen molar-refractivity contribution < 1.29 is 0 Å². The zero-order valence-electron chi connectivity index (χ0n) is 10.8. The van der Waals surface area contributed by atoms with Crippen LogP contribution in [0.25, 0.3) is 11.0 Å². The number of alkyl halides is 1. The Bertz CT molecular complexity index is 512. The second-order valence-electron chi connectivity index (χ2n) is 4.21. The Kier molecular flexibility index (Phi) is 4.89. The number of fused-ring (bicyclic) bond motifs is 1. The molecule has 1 unspecified atom stereocenters. The van der Waals surface area contributed by atoms with Crippen molar-refractivity contribution in [1.82, 2.24) is 14.5 Å². The largest absolute Gasteiger partial charge is 0.324 e. The number of hydrogen-bond acceptors (Lipinski definition) is 3. The van der Waals surface area contributed by atoms with E-state index >= 15 is 0 Å². The van der Waals surface area contributed by atoms with Crippen molar-refractivity contribution in [2.45, 2.75) is 26.3 Å². The molecule has 2 aromatic rings. The number of imidazole rings is 1. The Morgan fingerprint density at radius 1 is 1.50 bits per heavy atom. The zero-order chi connectivity index (χ0) is 13.0. The summed E-state index contributed by atoms with van der Waals surface area (Å²) in [6.45, 7) is 4.43. The van der Waals surface area contributed by atoms with Crippen LogP contribution in [0.3, 0.4) is 0 Å². The molecular weight excluding hydrogens is 266 g/mol. The van der Waals surface area contributed by atoms with Crippen LogP contribution in [-0.4, -0.2) is 31.9 Å². The first-order valence-corrected chi connectivity index (χ1v) is 7.91. The summed E-state index contributed by atoms with van der Waals surface area (Å²) < 4.78 is 2.31. The molecule has 0 bridgehead atoms. The van der Waals surface area contributed by atoms with Gasteiger partial charge in [0.2, 0.25) is 0 Å². The zero-order valence-corrected chi connectivity index (χ0v) is 12.3. The van der Waals surface area contributed by atoms with Gasteiger partial charge in [0.05, 0.1) is 11.7 Å². The molecule has 0 aromatic carbocycles. The van der Waals surface area contributed by atoms with E-state index in [1.165, 1.54) is 0 Å². The summed E-state index contributed by atoms with van der Waals surface area (Å²) in [4.78, 5) is 8.77. The Morgan fingerprint density at radius 3 is 3.06 bits per heavy atom. The predicted molar refractivity (Wildman–Crippen MR) is 79.7 cm³/mol. The molecule has 0 aliphatic heterocycles. The number of rotatable bonds is 6. The van der Waals surface area contributed by atoms with E-state index in [9.17, 15) is 0 Å². The fourth-order valence-corrected chi connectivity index (χ4v) is 3.01. The maximum atomic E-state index is 5.87. The van der Waals surface area contributed by atoms with Gasteiger partial charge in [0.25, 0.3) is 0 Å². The average molecular weight is 284 g/mol. The van der Waals surface area contributed by atoms with E-state index in [-0.39, 0.29) is 0 Å². The second-order valence-corrected chi connectivity index (χ2v) is 5.91. The van der Waals surface area contributed by atoms with Crippen molar-refractivity contribution in [3.8, 4) is 0 Å². The molecule has 3 nitrogen and oxygen atoms in total. The molecule has 0 amide bonds. The van der Waals surface area contributed by atoms with Gasteiger partial charge in [-0.15, -0.1) is 11.6 Å². The van der Waals surface area contributed by atoms with Crippen LogP contribution in [0.4, 0.5) is 0 Å². The van der Waals surface area contributed by atoms with Gasteiger partial charge in [0, 0.05) is 30.3 Å². The Balaban J connectivity index is 2.40. The van der Waals surface area contributed by atoms with Gasteiger partial charge in [-0.3, -0.25) is 4.98 Å². The van der Waals surface area contributed by atoms with Gasteiger partial charge in [-0.1, -0.05) is 6.92 Å². The van der Waals surface area contributed by atoms with Gasteiger partial charge in [-0.2, -0.15) is 11.8 Å². The lowest BCUT2D eigenvalue weighted by atomic mass is 10.3. The third kappa shape index (κ3) is 2.81. The van der Waals surface area contributed by atoms with Crippen LogP contribution in [0, 0.1) is 0 Å². The molecule has 0 fully saturated rings. The maximum Gasteiger partial charge on any atom is 0.111 e. The van der Waals surface area contributed by atoms with Crippen molar-refractivity contribution in [3.63, 3.8) is 0 Å².